The summed E-state index contributed by atoms with van der Waals surface area (Å²) in [6, 6.07) is 53.5. The Hall–Kier alpha value is -6.55. The first-order chi connectivity index (χ1) is 33.1. The van der Waals surface area contributed by atoms with Crippen LogP contribution in [0.25, 0.3) is 94.7 Å². The van der Waals surface area contributed by atoms with Gasteiger partial charge in [0, 0.05) is 60.4 Å². The summed E-state index contributed by atoms with van der Waals surface area (Å²) < 4.78 is 8.71. The van der Waals surface area contributed by atoms with Crippen molar-refractivity contribution in [3.05, 3.63) is 180 Å². The third-order valence-corrected chi connectivity index (χ3v) is 14.1. The van der Waals surface area contributed by atoms with Gasteiger partial charge in [0.15, 0.2) is 0 Å². The molecule has 71 heavy (non-hydrogen) atoms. The van der Waals surface area contributed by atoms with Gasteiger partial charge in [-0.15, -0.1) is 29.3 Å². The predicted molar refractivity (Wildman–Crippen MR) is 293 cm³/mol. The molecule has 3 aromatic heterocycles. The number of aromatic nitrogens is 3. The number of rotatable bonds is 6. The number of aromatic hydroxyl groups is 1. The van der Waals surface area contributed by atoms with Crippen LogP contribution in [0, 0.1) is 13.0 Å². The van der Waals surface area contributed by atoms with E-state index in [2.05, 4.69) is 228 Å². The zero-order valence-electron chi connectivity index (χ0n) is 43.4. The molecule has 3 heterocycles. The van der Waals surface area contributed by atoms with Gasteiger partial charge in [-0.3, -0.25) is 9.55 Å². The van der Waals surface area contributed by atoms with Gasteiger partial charge in [-0.1, -0.05) is 179 Å². The molecule has 0 aliphatic heterocycles. The number of imidazole rings is 1. The maximum absolute atomic E-state index is 12.6. The second-order valence-corrected chi connectivity index (χ2v) is 23.3. The Morgan fingerprint density at radius 2 is 1.20 bits per heavy atom. The van der Waals surface area contributed by atoms with Gasteiger partial charge in [0.25, 0.3) is 0 Å². The van der Waals surface area contributed by atoms with E-state index in [1.165, 1.54) is 5.56 Å². The van der Waals surface area contributed by atoms with Crippen LogP contribution in [0.1, 0.15) is 111 Å². The van der Waals surface area contributed by atoms with E-state index in [4.69, 9.17) is 14.4 Å². The molecular weight excluding hydrogens is 1050 g/mol. The third-order valence-electron chi connectivity index (χ3n) is 14.1. The van der Waals surface area contributed by atoms with Gasteiger partial charge >= 0.3 is 0 Å². The minimum atomic E-state index is -0.339. The Balaban J connectivity index is 0.00000624. The average molecular weight is 1110 g/mol. The van der Waals surface area contributed by atoms with E-state index < -0.39 is 0 Å². The Morgan fingerprint density at radius 1 is 0.535 bits per heavy atom. The van der Waals surface area contributed by atoms with Crippen LogP contribution in [-0.2, 0) is 42.7 Å². The molecule has 0 aliphatic rings. The monoisotopic (exact) mass is 1110 g/mol. The van der Waals surface area contributed by atoms with Crippen LogP contribution in [0.15, 0.2) is 150 Å². The summed E-state index contributed by atoms with van der Waals surface area (Å²) in [5, 5.41) is 14.9. The summed E-state index contributed by atoms with van der Waals surface area (Å²) in [5.74, 6) is 0.922. The van der Waals surface area contributed by atoms with E-state index in [1.54, 1.807) is 0 Å². The van der Waals surface area contributed by atoms with Gasteiger partial charge in [0.2, 0.25) is 0 Å². The topological polar surface area (TPSA) is 64.1 Å². The normalized spacial score (nSPS) is 12.5. The molecule has 10 aromatic rings. The third kappa shape index (κ3) is 9.08. The van der Waals surface area contributed by atoms with Crippen molar-refractivity contribution in [2.24, 2.45) is 0 Å². The number of phenols is 1. The summed E-state index contributed by atoms with van der Waals surface area (Å²) in [6.45, 7) is 28.9. The number of benzene rings is 7. The first-order valence-corrected chi connectivity index (χ1v) is 24.6. The molecule has 0 aliphatic carbocycles. The van der Waals surface area contributed by atoms with Crippen LogP contribution in [0.5, 0.6) is 5.75 Å². The molecule has 0 saturated carbocycles. The van der Waals surface area contributed by atoms with E-state index in [9.17, 15) is 5.11 Å². The molecule has 0 unspecified atom stereocenters. The molecule has 362 valence electrons. The maximum atomic E-state index is 12.6. The van der Waals surface area contributed by atoms with Gasteiger partial charge in [0.05, 0.1) is 22.3 Å². The first kappa shape index (κ1) is 49.4. The standard InChI is InChI=1S/C65H64N3O2.Pt/c1-39-47(27-28-50-49-22-17-18-25-57(49)70-60(39)50)41-30-31-66-54(35-41)43-32-42(33-45(34-43)63(5,6)7)48-23-19-24-56-58(48)67-61(52-37-46(64(8,9)10)38-53(59(52)69)65(11,12)13)68(56)55-29-26-44(62(2,3)4)36-51(55)40-20-15-14-16-21-40;/h14-31,33-38,69H,1-13H3;/q-1;. The van der Waals surface area contributed by atoms with Crippen LogP contribution < -0.4 is 0 Å². The summed E-state index contributed by atoms with van der Waals surface area (Å²) in [7, 11) is 0. The molecule has 0 radical (unpaired) electrons. The zero-order valence-corrected chi connectivity index (χ0v) is 45.6. The van der Waals surface area contributed by atoms with Crippen molar-refractivity contribution in [3.8, 4) is 67.5 Å². The largest absolute Gasteiger partial charge is 0.507 e. The molecule has 6 heteroatoms. The van der Waals surface area contributed by atoms with Gasteiger partial charge < -0.3 is 9.52 Å². The maximum Gasteiger partial charge on any atom is 0.148 e. The molecule has 5 nitrogen and oxygen atoms in total. The summed E-state index contributed by atoms with van der Waals surface area (Å²) >= 11 is 0. The number of para-hydroxylation sites is 2. The molecule has 7 aromatic carbocycles. The number of aryl methyl sites for hydroxylation is 1. The second-order valence-electron chi connectivity index (χ2n) is 23.3. The molecule has 0 spiro atoms. The Labute approximate surface area is 434 Å². The molecule has 1 N–H and O–H groups in total. The average Bonchev–Trinajstić information content (AvgIpc) is 3.90. The van der Waals surface area contributed by atoms with E-state index in [0.29, 0.717) is 11.4 Å². The van der Waals surface area contributed by atoms with Crippen molar-refractivity contribution in [1.29, 1.82) is 0 Å². The van der Waals surface area contributed by atoms with Crippen molar-refractivity contribution in [1.82, 2.24) is 14.5 Å². The number of furan rings is 1. The molecule has 10 rings (SSSR count). The Morgan fingerprint density at radius 3 is 1.90 bits per heavy atom. The smallest absolute Gasteiger partial charge is 0.148 e. The van der Waals surface area contributed by atoms with Crippen molar-refractivity contribution >= 4 is 33.0 Å². The molecular formula is C65H64N3O2Pt-. The Bertz CT molecular complexity index is 3660. The molecule has 0 fully saturated rings. The fourth-order valence-electron chi connectivity index (χ4n) is 9.86. The second kappa shape index (κ2) is 17.9. The van der Waals surface area contributed by atoms with Gasteiger partial charge in [0.1, 0.15) is 22.7 Å². The van der Waals surface area contributed by atoms with Crippen LogP contribution in [0.2, 0.25) is 0 Å². The fraction of sp³-hybridized carbons (Fsp3) is 0.262. The molecule has 0 saturated heterocycles. The van der Waals surface area contributed by atoms with Gasteiger partial charge in [-0.25, -0.2) is 4.98 Å². The summed E-state index contributed by atoms with van der Waals surface area (Å²) in [6.07, 6.45) is 1.90. The number of fused-ring (bicyclic) bond motifs is 4. The fourth-order valence-corrected chi connectivity index (χ4v) is 9.86. The minimum Gasteiger partial charge on any atom is -0.507 e. The molecule has 0 amide bonds. The summed E-state index contributed by atoms with van der Waals surface area (Å²) in [5.41, 5.74) is 17.9. The number of hydrogen-bond donors (Lipinski definition) is 1. The van der Waals surface area contributed by atoms with E-state index >= 15 is 0 Å². The van der Waals surface area contributed by atoms with Crippen LogP contribution >= 0.6 is 0 Å². The van der Waals surface area contributed by atoms with E-state index in [-0.39, 0.29) is 48.5 Å². The molecule has 0 atom stereocenters. The quantitative estimate of drug-likeness (QED) is 0.169. The number of hydrogen-bond acceptors (Lipinski definition) is 4. The van der Waals surface area contributed by atoms with Gasteiger partial charge in [-0.2, -0.15) is 0 Å². The van der Waals surface area contributed by atoms with Crippen molar-refractivity contribution in [2.75, 3.05) is 0 Å². The van der Waals surface area contributed by atoms with Crippen molar-refractivity contribution < 1.29 is 30.6 Å². The summed E-state index contributed by atoms with van der Waals surface area (Å²) in [4.78, 5) is 10.7. The van der Waals surface area contributed by atoms with Gasteiger partial charge in [-0.05, 0) is 98.9 Å². The van der Waals surface area contributed by atoms with Crippen LogP contribution in [0.3, 0.4) is 0 Å². The van der Waals surface area contributed by atoms with Crippen molar-refractivity contribution in [2.45, 2.75) is 112 Å². The molecule has 0 bridgehead atoms. The zero-order chi connectivity index (χ0) is 49.7. The Kier molecular flexibility index (Phi) is 12.5. The van der Waals surface area contributed by atoms with Crippen LogP contribution in [-0.4, -0.2) is 19.6 Å². The number of nitrogens with zero attached hydrogens (tertiary/aromatic N) is 3. The first-order valence-electron chi connectivity index (χ1n) is 24.6. The predicted octanol–water partition coefficient (Wildman–Crippen LogP) is 17.7. The van der Waals surface area contributed by atoms with E-state index in [1.807, 2.05) is 18.3 Å². The van der Waals surface area contributed by atoms with E-state index in [0.717, 1.165) is 106 Å². The number of phenolic OH excluding ortho intramolecular Hbond substituents is 1. The SMILES string of the molecule is Cc1c(-c2ccnc(-c3[c-]c(-c4cccc5c4nc(-c4cc(C(C)(C)C)cc(C(C)(C)C)c4O)n5-c4ccc(C(C)(C)C)cc4-c4ccccc4)cc(C(C)(C)C)c3)c2)ccc2c1oc1ccccc12.[Pt]. The van der Waals surface area contributed by atoms with Crippen LogP contribution in [0.4, 0.5) is 0 Å². The minimum absolute atomic E-state index is 0. The number of pyridine rings is 1. The van der Waals surface area contributed by atoms with Crippen molar-refractivity contribution in [3.63, 3.8) is 0 Å².